The van der Waals surface area contributed by atoms with Crippen molar-refractivity contribution >= 4 is 12.0 Å². The van der Waals surface area contributed by atoms with Crippen molar-refractivity contribution in [3.63, 3.8) is 0 Å². The molecule has 1 aromatic heterocycles. The first-order valence-corrected chi connectivity index (χ1v) is 9.45. The lowest BCUT2D eigenvalue weighted by Crippen LogP contribution is -2.35. The maximum Gasteiger partial charge on any atom is 0.246 e. The third-order valence-corrected chi connectivity index (χ3v) is 4.54. The van der Waals surface area contributed by atoms with Crippen LogP contribution >= 0.6 is 0 Å². The maximum atomic E-state index is 12.5. The highest BCUT2D eigenvalue weighted by Crippen LogP contribution is 2.15. The van der Waals surface area contributed by atoms with Gasteiger partial charge >= 0.3 is 0 Å². The molecule has 1 saturated heterocycles. The Kier molecular flexibility index (Phi) is 6.99. The van der Waals surface area contributed by atoms with E-state index in [4.69, 9.17) is 9.47 Å². The molecule has 2 aromatic rings. The van der Waals surface area contributed by atoms with Gasteiger partial charge in [0.25, 0.3) is 0 Å². The van der Waals surface area contributed by atoms with Crippen molar-refractivity contribution in [3.05, 3.63) is 66.0 Å². The second-order valence-electron chi connectivity index (χ2n) is 6.59. The van der Waals surface area contributed by atoms with E-state index in [-0.39, 0.29) is 12.0 Å². The summed E-state index contributed by atoms with van der Waals surface area (Å²) in [4.78, 5) is 18.4. The number of hydrogen-bond donors (Lipinski definition) is 0. The highest BCUT2D eigenvalue weighted by atomic mass is 16.5. The molecule has 0 radical (unpaired) electrons. The van der Waals surface area contributed by atoms with Crippen LogP contribution in [-0.2, 0) is 16.1 Å². The zero-order chi connectivity index (χ0) is 18.9. The van der Waals surface area contributed by atoms with E-state index >= 15 is 0 Å². The van der Waals surface area contributed by atoms with Crippen LogP contribution in [0.2, 0.25) is 0 Å². The summed E-state index contributed by atoms with van der Waals surface area (Å²) in [6.07, 6.45) is 8.98. The minimum atomic E-state index is 0.0378. The van der Waals surface area contributed by atoms with Crippen molar-refractivity contribution in [3.8, 4) is 5.75 Å². The van der Waals surface area contributed by atoms with Gasteiger partial charge in [0.1, 0.15) is 12.4 Å². The number of benzene rings is 1. The standard InChI is InChI=1S/C22H26N2O3/c1-2-20-16-24(13-4-14-26-20)22(25)11-8-18-6-9-21(10-7-18)27-17-19-5-3-12-23-15-19/h3,5-12,15,20H,2,4,13-14,16-17H2,1H3/b11-8+. The Bertz CT molecular complexity index is 744. The maximum absolute atomic E-state index is 12.5. The van der Waals surface area contributed by atoms with E-state index in [1.165, 1.54) is 0 Å². The lowest BCUT2D eigenvalue weighted by Gasteiger charge is -2.21. The highest BCUT2D eigenvalue weighted by molar-refractivity contribution is 5.91. The van der Waals surface area contributed by atoms with E-state index in [2.05, 4.69) is 11.9 Å². The molecule has 5 nitrogen and oxygen atoms in total. The van der Waals surface area contributed by atoms with Gasteiger partial charge in [0.15, 0.2) is 0 Å². The normalized spacial score (nSPS) is 17.7. The van der Waals surface area contributed by atoms with Crippen LogP contribution in [0.25, 0.3) is 6.08 Å². The largest absolute Gasteiger partial charge is 0.489 e. The van der Waals surface area contributed by atoms with Gasteiger partial charge in [0.05, 0.1) is 6.10 Å². The van der Waals surface area contributed by atoms with E-state index in [1.54, 1.807) is 18.5 Å². The molecule has 0 N–H and O–H groups in total. The zero-order valence-corrected chi connectivity index (χ0v) is 15.7. The van der Waals surface area contributed by atoms with Crippen molar-refractivity contribution in [2.75, 3.05) is 19.7 Å². The first-order valence-electron chi connectivity index (χ1n) is 9.45. The fraction of sp³-hybridized carbons (Fsp3) is 0.364. The Morgan fingerprint density at radius 3 is 2.93 bits per heavy atom. The first kappa shape index (κ1) is 19.1. The SMILES string of the molecule is CCC1CN(C(=O)/C=C/c2ccc(OCc3cccnc3)cc2)CCCO1. The van der Waals surface area contributed by atoms with Crippen molar-refractivity contribution < 1.29 is 14.3 Å². The summed E-state index contributed by atoms with van der Waals surface area (Å²) in [7, 11) is 0. The summed E-state index contributed by atoms with van der Waals surface area (Å²) in [6.45, 7) is 4.72. The average molecular weight is 366 g/mol. The molecule has 1 aliphatic heterocycles. The summed E-state index contributed by atoms with van der Waals surface area (Å²) in [5, 5.41) is 0. The topological polar surface area (TPSA) is 51.7 Å². The Balaban J connectivity index is 1.53. The molecule has 0 aliphatic carbocycles. The van der Waals surface area contributed by atoms with Gasteiger partial charge in [-0.05, 0) is 42.7 Å². The second kappa shape index (κ2) is 9.88. The number of carbonyl (C=O) groups is 1. The molecule has 0 saturated carbocycles. The predicted octanol–water partition coefficient (Wildman–Crippen LogP) is 3.70. The van der Waals surface area contributed by atoms with Gasteiger partial charge in [-0.2, -0.15) is 0 Å². The Morgan fingerprint density at radius 2 is 2.19 bits per heavy atom. The third-order valence-electron chi connectivity index (χ3n) is 4.54. The number of rotatable bonds is 6. The minimum Gasteiger partial charge on any atom is -0.489 e. The van der Waals surface area contributed by atoms with Gasteiger partial charge < -0.3 is 14.4 Å². The smallest absolute Gasteiger partial charge is 0.246 e. The quantitative estimate of drug-likeness (QED) is 0.732. The molecule has 0 bridgehead atoms. The summed E-state index contributed by atoms with van der Waals surface area (Å²) in [6, 6.07) is 11.6. The molecule has 1 aromatic carbocycles. The van der Waals surface area contributed by atoms with Gasteiger partial charge in [-0.3, -0.25) is 9.78 Å². The molecular formula is C22H26N2O3. The predicted molar refractivity (Wildman–Crippen MR) is 105 cm³/mol. The molecule has 2 heterocycles. The van der Waals surface area contributed by atoms with Crippen molar-refractivity contribution in [1.82, 2.24) is 9.88 Å². The summed E-state index contributed by atoms with van der Waals surface area (Å²) < 4.78 is 11.5. The molecule has 0 spiro atoms. The van der Waals surface area contributed by atoms with Gasteiger partial charge in [-0.25, -0.2) is 0 Å². The molecule has 1 amide bonds. The van der Waals surface area contributed by atoms with E-state index in [1.807, 2.05) is 47.4 Å². The number of amides is 1. The van der Waals surface area contributed by atoms with Crippen LogP contribution in [-0.4, -0.2) is 41.6 Å². The van der Waals surface area contributed by atoms with E-state index in [0.29, 0.717) is 13.2 Å². The molecule has 142 valence electrons. The van der Waals surface area contributed by atoms with Crippen LogP contribution in [0, 0.1) is 0 Å². The molecule has 1 unspecified atom stereocenters. The number of hydrogen-bond acceptors (Lipinski definition) is 4. The number of pyridine rings is 1. The molecule has 5 heteroatoms. The average Bonchev–Trinajstić information content (AvgIpc) is 2.98. The monoisotopic (exact) mass is 366 g/mol. The molecule has 1 fully saturated rings. The molecule has 27 heavy (non-hydrogen) atoms. The summed E-state index contributed by atoms with van der Waals surface area (Å²) in [5.41, 5.74) is 1.99. The molecule has 3 rings (SSSR count). The van der Waals surface area contributed by atoms with Crippen molar-refractivity contribution in [2.24, 2.45) is 0 Å². The Morgan fingerprint density at radius 1 is 1.33 bits per heavy atom. The van der Waals surface area contributed by atoms with Crippen LogP contribution < -0.4 is 4.74 Å². The number of carbonyl (C=O) groups excluding carboxylic acids is 1. The fourth-order valence-electron chi connectivity index (χ4n) is 2.94. The van der Waals surface area contributed by atoms with Crippen LogP contribution in [0.3, 0.4) is 0 Å². The number of aromatic nitrogens is 1. The lowest BCUT2D eigenvalue weighted by molar-refractivity contribution is -0.126. The summed E-state index contributed by atoms with van der Waals surface area (Å²) in [5.74, 6) is 0.827. The fourth-order valence-corrected chi connectivity index (χ4v) is 2.94. The number of ether oxygens (including phenoxy) is 2. The molecule has 1 aliphatic rings. The lowest BCUT2D eigenvalue weighted by atomic mass is 10.2. The highest BCUT2D eigenvalue weighted by Gasteiger charge is 2.19. The molecule has 1 atom stereocenters. The van der Waals surface area contributed by atoms with Crippen LogP contribution in [0.5, 0.6) is 5.75 Å². The van der Waals surface area contributed by atoms with Crippen molar-refractivity contribution in [2.45, 2.75) is 32.5 Å². The zero-order valence-electron chi connectivity index (χ0n) is 15.7. The van der Waals surface area contributed by atoms with Crippen molar-refractivity contribution in [1.29, 1.82) is 0 Å². The minimum absolute atomic E-state index is 0.0378. The van der Waals surface area contributed by atoms with Crippen LogP contribution in [0.1, 0.15) is 30.9 Å². The van der Waals surface area contributed by atoms with E-state index in [0.717, 1.165) is 42.9 Å². The van der Waals surface area contributed by atoms with Crippen LogP contribution in [0.4, 0.5) is 0 Å². The van der Waals surface area contributed by atoms with E-state index in [9.17, 15) is 4.79 Å². The first-order chi connectivity index (χ1) is 13.2. The second-order valence-corrected chi connectivity index (χ2v) is 6.59. The van der Waals surface area contributed by atoms with Gasteiger partial charge in [0.2, 0.25) is 5.91 Å². The van der Waals surface area contributed by atoms with Gasteiger partial charge in [-0.1, -0.05) is 25.1 Å². The van der Waals surface area contributed by atoms with Crippen LogP contribution in [0.15, 0.2) is 54.9 Å². The molecular weight excluding hydrogens is 340 g/mol. The van der Waals surface area contributed by atoms with Gasteiger partial charge in [-0.15, -0.1) is 0 Å². The Labute approximate surface area is 160 Å². The van der Waals surface area contributed by atoms with E-state index < -0.39 is 0 Å². The van der Waals surface area contributed by atoms with Gasteiger partial charge in [0, 0.05) is 43.7 Å². The summed E-state index contributed by atoms with van der Waals surface area (Å²) >= 11 is 0. The number of nitrogens with zero attached hydrogens (tertiary/aromatic N) is 2. The third kappa shape index (κ3) is 5.93. The Hall–Kier alpha value is -2.66.